The van der Waals surface area contributed by atoms with E-state index in [4.69, 9.17) is 4.74 Å². The van der Waals surface area contributed by atoms with Gasteiger partial charge >= 0.3 is 0 Å². The smallest absolute Gasteiger partial charge is 0.258 e. The number of rotatable bonds is 5. The Balaban J connectivity index is 1.72. The number of methoxy groups -OCH3 is 1. The summed E-state index contributed by atoms with van der Waals surface area (Å²) in [5.74, 6) is 0.0118. The number of carbonyl (C=O) groups excluding carboxylic acids is 1. The zero-order valence-corrected chi connectivity index (χ0v) is 12.0. The second kappa shape index (κ2) is 5.59. The fourth-order valence-corrected chi connectivity index (χ4v) is 2.35. The second-order valence-corrected chi connectivity index (χ2v) is 5.09. The van der Waals surface area contributed by atoms with Crippen LogP contribution in [-0.2, 0) is 10.2 Å². The van der Waals surface area contributed by atoms with Crippen LogP contribution in [0.25, 0.3) is 0 Å². The van der Waals surface area contributed by atoms with Crippen molar-refractivity contribution in [2.45, 2.75) is 18.3 Å². The van der Waals surface area contributed by atoms with Crippen LogP contribution in [0, 0.1) is 5.82 Å². The fourth-order valence-electron chi connectivity index (χ4n) is 2.35. The number of nitrogens with zero attached hydrogens (tertiary/aromatic N) is 2. The number of halogens is 1. The maximum absolute atomic E-state index is 13.4. The predicted octanol–water partition coefficient (Wildman–Crippen LogP) is 1.80. The molecule has 1 fully saturated rings. The van der Waals surface area contributed by atoms with Gasteiger partial charge in [-0.05, 0) is 30.5 Å². The van der Waals surface area contributed by atoms with Gasteiger partial charge in [-0.15, -0.1) is 0 Å². The van der Waals surface area contributed by atoms with E-state index in [0.29, 0.717) is 24.2 Å². The molecule has 1 aromatic carbocycles. The number of hydrazine groups is 1. The standard InChI is InChI=1S/C15H15FN4O2/c1-22-13-12(17-7-8-18-13)19-20-14(21)15(5-6-15)10-3-2-4-11(16)9-10/h2-4,7-9H,5-6H2,1H3,(H,17,19)(H,20,21). The first-order valence-corrected chi connectivity index (χ1v) is 6.83. The van der Waals surface area contributed by atoms with Crippen molar-refractivity contribution < 1.29 is 13.9 Å². The molecule has 0 unspecified atom stereocenters. The quantitative estimate of drug-likeness (QED) is 0.824. The van der Waals surface area contributed by atoms with Crippen LogP contribution >= 0.6 is 0 Å². The topological polar surface area (TPSA) is 76.1 Å². The van der Waals surface area contributed by atoms with Crippen LogP contribution in [-0.4, -0.2) is 23.0 Å². The SMILES string of the molecule is COc1nccnc1NNC(=O)C1(c2cccc(F)c2)CC1. The van der Waals surface area contributed by atoms with E-state index in [9.17, 15) is 9.18 Å². The Bertz CT molecular complexity index is 703. The Labute approximate surface area is 126 Å². The zero-order valence-electron chi connectivity index (χ0n) is 12.0. The molecular weight excluding hydrogens is 287 g/mol. The zero-order chi connectivity index (χ0) is 15.6. The number of benzene rings is 1. The van der Waals surface area contributed by atoms with E-state index in [1.54, 1.807) is 12.1 Å². The average Bonchev–Trinajstić information content (AvgIpc) is 3.35. The van der Waals surface area contributed by atoms with Crippen LogP contribution in [0.3, 0.4) is 0 Å². The van der Waals surface area contributed by atoms with Gasteiger partial charge in [0, 0.05) is 12.4 Å². The number of amides is 1. The summed E-state index contributed by atoms with van der Waals surface area (Å²) in [5.41, 5.74) is 5.31. The van der Waals surface area contributed by atoms with E-state index in [1.807, 2.05) is 0 Å². The van der Waals surface area contributed by atoms with Crippen molar-refractivity contribution in [3.8, 4) is 5.88 Å². The highest BCUT2D eigenvalue weighted by Crippen LogP contribution is 2.48. The number of carbonyl (C=O) groups is 1. The molecule has 1 aliphatic rings. The Kier molecular flexibility index (Phi) is 3.62. The van der Waals surface area contributed by atoms with E-state index >= 15 is 0 Å². The number of nitrogens with one attached hydrogen (secondary N) is 2. The first kappa shape index (κ1) is 14.2. The van der Waals surface area contributed by atoms with Crippen LogP contribution in [0.4, 0.5) is 10.2 Å². The summed E-state index contributed by atoms with van der Waals surface area (Å²) in [6.45, 7) is 0. The molecule has 7 heteroatoms. The summed E-state index contributed by atoms with van der Waals surface area (Å²) in [5, 5.41) is 0. The van der Waals surface area contributed by atoms with Gasteiger partial charge in [-0.3, -0.25) is 15.6 Å². The molecule has 2 aromatic rings. The molecule has 0 atom stereocenters. The molecule has 1 amide bonds. The molecule has 114 valence electrons. The van der Waals surface area contributed by atoms with Crippen LogP contribution in [0.1, 0.15) is 18.4 Å². The lowest BCUT2D eigenvalue weighted by Crippen LogP contribution is -2.38. The summed E-state index contributed by atoms with van der Waals surface area (Å²) >= 11 is 0. The number of aromatic nitrogens is 2. The molecule has 0 aliphatic heterocycles. The Hall–Kier alpha value is -2.70. The van der Waals surface area contributed by atoms with E-state index < -0.39 is 5.41 Å². The molecular formula is C15H15FN4O2. The second-order valence-electron chi connectivity index (χ2n) is 5.09. The fraction of sp³-hybridized carbons (Fsp3) is 0.267. The Morgan fingerprint density at radius 3 is 2.77 bits per heavy atom. The van der Waals surface area contributed by atoms with Gasteiger partial charge in [0.15, 0.2) is 0 Å². The van der Waals surface area contributed by atoms with Crippen molar-refractivity contribution in [3.63, 3.8) is 0 Å². The van der Waals surface area contributed by atoms with Crippen molar-refractivity contribution in [1.82, 2.24) is 15.4 Å². The number of anilines is 1. The molecule has 0 saturated heterocycles. The van der Waals surface area contributed by atoms with E-state index in [1.165, 1.54) is 31.6 Å². The Morgan fingerprint density at radius 1 is 1.32 bits per heavy atom. The maximum atomic E-state index is 13.4. The summed E-state index contributed by atoms with van der Waals surface area (Å²) in [7, 11) is 1.46. The van der Waals surface area contributed by atoms with Crippen LogP contribution in [0.15, 0.2) is 36.7 Å². The highest BCUT2D eigenvalue weighted by Gasteiger charge is 2.51. The number of hydrogen-bond acceptors (Lipinski definition) is 5. The molecule has 0 radical (unpaired) electrons. The maximum Gasteiger partial charge on any atom is 0.258 e. The summed E-state index contributed by atoms with van der Waals surface area (Å²) in [6.07, 6.45) is 4.33. The highest BCUT2D eigenvalue weighted by atomic mass is 19.1. The molecule has 6 nitrogen and oxygen atoms in total. The van der Waals surface area contributed by atoms with Crippen LogP contribution in [0.2, 0.25) is 0 Å². The molecule has 22 heavy (non-hydrogen) atoms. The third-order valence-corrected chi connectivity index (χ3v) is 3.71. The average molecular weight is 302 g/mol. The lowest BCUT2D eigenvalue weighted by molar-refractivity contribution is -0.123. The van der Waals surface area contributed by atoms with Gasteiger partial charge in [0.05, 0.1) is 12.5 Å². The molecule has 2 N–H and O–H groups in total. The van der Waals surface area contributed by atoms with Crippen molar-refractivity contribution in [2.24, 2.45) is 0 Å². The van der Waals surface area contributed by atoms with Crippen molar-refractivity contribution in [2.75, 3.05) is 12.5 Å². The van der Waals surface area contributed by atoms with Crippen molar-refractivity contribution in [1.29, 1.82) is 0 Å². The number of ether oxygens (including phenoxy) is 1. The molecule has 0 spiro atoms. The van der Waals surface area contributed by atoms with Gasteiger partial charge in [-0.2, -0.15) is 0 Å². The van der Waals surface area contributed by atoms with Gasteiger partial charge in [0.2, 0.25) is 11.7 Å². The normalized spacial score (nSPS) is 15.0. The van der Waals surface area contributed by atoms with Crippen molar-refractivity contribution >= 4 is 11.7 Å². The monoisotopic (exact) mass is 302 g/mol. The van der Waals surface area contributed by atoms with Crippen LogP contribution in [0.5, 0.6) is 5.88 Å². The van der Waals surface area contributed by atoms with E-state index in [-0.39, 0.29) is 17.6 Å². The van der Waals surface area contributed by atoms with Gasteiger partial charge < -0.3 is 4.74 Å². The third kappa shape index (κ3) is 2.57. The molecule has 1 aromatic heterocycles. The van der Waals surface area contributed by atoms with Gasteiger partial charge in [-0.25, -0.2) is 14.4 Å². The first-order valence-electron chi connectivity index (χ1n) is 6.83. The first-order chi connectivity index (χ1) is 10.7. The summed E-state index contributed by atoms with van der Waals surface area (Å²) in [4.78, 5) is 20.4. The minimum atomic E-state index is -0.676. The largest absolute Gasteiger partial charge is 0.478 e. The number of hydrogen-bond donors (Lipinski definition) is 2. The van der Waals surface area contributed by atoms with Gasteiger partial charge in [0.25, 0.3) is 5.88 Å². The minimum Gasteiger partial charge on any atom is -0.478 e. The van der Waals surface area contributed by atoms with Gasteiger partial charge in [-0.1, -0.05) is 12.1 Å². The van der Waals surface area contributed by atoms with Crippen molar-refractivity contribution in [3.05, 3.63) is 48.0 Å². The lowest BCUT2D eigenvalue weighted by Gasteiger charge is -2.17. The molecule has 1 heterocycles. The van der Waals surface area contributed by atoms with E-state index in [0.717, 1.165) is 0 Å². The third-order valence-electron chi connectivity index (χ3n) is 3.71. The molecule has 1 saturated carbocycles. The molecule has 1 aliphatic carbocycles. The molecule has 0 bridgehead atoms. The predicted molar refractivity (Wildman–Crippen MR) is 77.7 cm³/mol. The van der Waals surface area contributed by atoms with Crippen LogP contribution < -0.4 is 15.6 Å². The molecule has 3 rings (SSSR count). The summed E-state index contributed by atoms with van der Waals surface area (Å²) in [6, 6.07) is 6.13. The summed E-state index contributed by atoms with van der Waals surface area (Å²) < 4.78 is 18.4. The Morgan fingerprint density at radius 2 is 2.09 bits per heavy atom. The minimum absolute atomic E-state index is 0.231. The van der Waals surface area contributed by atoms with Gasteiger partial charge in [0.1, 0.15) is 5.82 Å². The lowest BCUT2D eigenvalue weighted by atomic mass is 9.95. The highest BCUT2D eigenvalue weighted by molar-refractivity contribution is 5.92. The van der Waals surface area contributed by atoms with E-state index in [2.05, 4.69) is 20.8 Å².